The van der Waals surface area contributed by atoms with Crippen LogP contribution < -0.4 is 4.74 Å². The van der Waals surface area contributed by atoms with Crippen LogP contribution in [0.4, 0.5) is 0 Å². The molecule has 2 heterocycles. The van der Waals surface area contributed by atoms with Gasteiger partial charge in [0, 0.05) is 18.0 Å². The Morgan fingerprint density at radius 3 is 2.58 bits per heavy atom. The van der Waals surface area contributed by atoms with Gasteiger partial charge in [-0.15, -0.1) is 0 Å². The number of amides is 2. The highest BCUT2D eigenvalue weighted by atomic mass is 35.5. The van der Waals surface area contributed by atoms with Gasteiger partial charge in [-0.2, -0.15) is 0 Å². The van der Waals surface area contributed by atoms with E-state index < -0.39 is 36.9 Å². The molecule has 3 N–H and O–H groups in total. The Hall–Kier alpha value is -3.34. The van der Waals surface area contributed by atoms with Crippen molar-refractivity contribution in [3.63, 3.8) is 0 Å². The number of carboxylic acid groups (broad SMARTS) is 1. The summed E-state index contributed by atoms with van der Waals surface area (Å²) < 4.78 is 12.0. The van der Waals surface area contributed by atoms with Gasteiger partial charge in [0.25, 0.3) is 0 Å². The lowest BCUT2D eigenvalue weighted by molar-refractivity contribution is -0.141. The largest absolute Gasteiger partial charge is 0.508 e. The monoisotopic (exact) mass is 567 g/mol. The van der Waals surface area contributed by atoms with E-state index in [9.17, 15) is 24.5 Å². The van der Waals surface area contributed by atoms with Crippen LogP contribution in [0.25, 0.3) is 0 Å². The van der Waals surface area contributed by atoms with Gasteiger partial charge < -0.3 is 24.6 Å². The van der Waals surface area contributed by atoms with Gasteiger partial charge in [0.15, 0.2) is 0 Å². The summed E-state index contributed by atoms with van der Waals surface area (Å²) in [7, 11) is -1.32. The summed E-state index contributed by atoms with van der Waals surface area (Å²) in [6.07, 6.45) is 1.58. The number of likely N-dealkylation sites (tertiary alicyclic amines) is 1. The van der Waals surface area contributed by atoms with Crippen LogP contribution in [0.2, 0.25) is 5.02 Å². The van der Waals surface area contributed by atoms with Crippen LogP contribution in [-0.4, -0.2) is 58.2 Å². The van der Waals surface area contributed by atoms with Crippen molar-refractivity contribution >= 4 is 36.5 Å². The summed E-state index contributed by atoms with van der Waals surface area (Å²) in [5.74, 6) is -2.46. The minimum atomic E-state index is -1.32. The molecular weight excluding hydrogens is 537 g/mol. The molecule has 0 spiro atoms. The number of phenolic OH excluding ortho intramolecular Hbond substituents is 1. The lowest BCUT2D eigenvalue weighted by Crippen LogP contribution is -2.45. The zero-order valence-electron chi connectivity index (χ0n) is 21.9. The first-order valence-corrected chi connectivity index (χ1v) is 13.9. The number of carbonyl (C=O) groups is 3. The molecule has 3 aliphatic rings. The third-order valence-corrected chi connectivity index (χ3v) is 8.39. The number of aromatic hydroxyl groups is 1. The number of benzene rings is 2. The Morgan fingerprint density at radius 1 is 1.07 bits per heavy atom. The number of ether oxygens (including phenoxy) is 1. The third kappa shape index (κ3) is 5.75. The third-order valence-electron chi connectivity index (χ3n) is 8.06. The second-order valence-electron chi connectivity index (χ2n) is 10.6. The number of halogens is 1. The fourth-order valence-electron chi connectivity index (χ4n) is 6.22. The number of phenols is 1. The van der Waals surface area contributed by atoms with Crippen molar-refractivity contribution in [3.8, 4) is 11.5 Å². The molecule has 5 rings (SSSR count). The maximum absolute atomic E-state index is 13.7. The minimum Gasteiger partial charge on any atom is -0.508 e. The van der Waals surface area contributed by atoms with Crippen molar-refractivity contribution in [2.75, 3.05) is 13.2 Å². The second kappa shape index (κ2) is 12.0. The van der Waals surface area contributed by atoms with E-state index >= 15 is 0 Å². The maximum atomic E-state index is 13.7. The number of hydrogen-bond donors (Lipinski definition) is 3. The van der Waals surface area contributed by atoms with Gasteiger partial charge in [0.1, 0.15) is 18.1 Å². The number of carbonyl (C=O) groups excluding carboxylic acids is 2. The van der Waals surface area contributed by atoms with Crippen LogP contribution in [-0.2, 0) is 19.0 Å². The molecule has 2 fully saturated rings. The first kappa shape index (κ1) is 28.2. The van der Waals surface area contributed by atoms with Crippen molar-refractivity contribution < 1.29 is 39.0 Å². The fraction of sp³-hybridized carbons (Fsp3) is 0.414. The van der Waals surface area contributed by atoms with Gasteiger partial charge in [0.05, 0.1) is 17.9 Å². The number of fused-ring (bicyclic) bond motifs is 3. The zero-order valence-corrected chi connectivity index (χ0v) is 22.6. The normalized spacial score (nSPS) is 24.2. The molecule has 0 unspecified atom stereocenters. The van der Waals surface area contributed by atoms with Crippen molar-refractivity contribution in [1.82, 2.24) is 4.90 Å². The molecule has 9 nitrogen and oxygen atoms in total. The van der Waals surface area contributed by atoms with Crippen LogP contribution in [0.15, 0.2) is 59.6 Å². The van der Waals surface area contributed by atoms with Gasteiger partial charge in [-0.25, -0.2) is 0 Å². The van der Waals surface area contributed by atoms with E-state index in [0.717, 1.165) is 5.57 Å². The van der Waals surface area contributed by atoms with E-state index in [2.05, 4.69) is 0 Å². The van der Waals surface area contributed by atoms with Crippen LogP contribution in [0.5, 0.6) is 11.5 Å². The SMILES string of the molecule is O=C(O)CCCCCN1C(=O)[C@H]2[C@H](CC(COc3ccccc3)=C3B(O)O[C@H](c4ccc(O)cc4Cl)C[C@H]32)C1=O. The number of nitrogens with zero attached hydrogens (tertiary/aromatic N) is 1. The number of aliphatic carboxylic acids is 1. The van der Waals surface area contributed by atoms with Gasteiger partial charge in [-0.05, 0) is 72.5 Å². The highest BCUT2D eigenvalue weighted by Crippen LogP contribution is 2.52. The molecular formula is C29H31BClNO8. The van der Waals surface area contributed by atoms with Crippen molar-refractivity contribution in [2.45, 2.75) is 44.6 Å². The lowest BCUT2D eigenvalue weighted by Gasteiger charge is -2.42. The van der Waals surface area contributed by atoms with Gasteiger partial charge in [-0.3, -0.25) is 19.3 Å². The topological polar surface area (TPSA) is 134 Å². The Kier molecular flexibility index (Phi) is 8.49. The van der Waals surface area contributed by atoms with Crippen LogP contribution in [0.1, 0.15) is 50.2 Å². The average Bonchev–Trinajstić information content (AvgIpc) is 3.16. The number of para-hydroxylation sites is 1. The first-order valence-electron chi connectivity index (χ1n) is 13.5. The number of rotatable bonds is 10. The Bertz CT molecular complexity index is 1320. The van der Waals surface area contributed by atoms with Crippen molar-refractivity contribution in [1.29, 1.82) is 0 Å². The lowest BCUT2D eigenvalue weighted by atomic mass is 9.55. The number of carboxylic acids is 1. The van der Waals surface area contributed by atoms with Gasteiger partial charge in [-0.1, -0.05) is 42.3 Å². The highest BCUT2D eigenvalue weighted by molar-refractivity contribution is 6.53. The maximum Gasteiger partial charge on any atom is 0.487 e. The number of unbranched alkanes of at least 4 members (excludes halogenated alkanes) is 2. The van der Waals surface area contributed by atoms with Crippen LogP contribution in [0, 0.1) is 17.8 Å². The molecule has 2 aromatic rings. The van der Waals surface area contributed by atoms with Gasteiger partial charge in [0.2, 0.25) is 11.8 Å². The Morgan fingerprint density at radius 2 is 1.85 bits per heavy atom. The summed E-state index contributed by atoms with van der Waals surface area (Å²) in [5, 5.41) is 30.2. The summed E-state index contributed by atoms with van der Waals surface area (Å²) in [6, 6.07) is 13.7. The molecule has 0 saturated carbocycles. The summed E-state index contributed by atoms with van der Waals surface area (Å²) in [5.41, 5.74) is 1.89. The summed E-state index contributed by atoms with van der Waals surface area (Å²) >= 11 is 6.40. The quantitative estimate of drug-likeness (QED) is 0.221. The van der Waals surface area contributed by atoms with Crippen molar-refractivity contribution in [3.05, 3.63) is 70.2 Å². The van der Waals surface area contributed by atoms with E-state index in [1.807, 2.05) is 30.3 Å². The van der Waals surface area contributed by atoms with E-state index in [-0.39, 0.29) is 48.6 Å². The molecule has 210 valence electrons. The van der Waals surface area contributed by atoms with Crippen LogP contribution in [0.3, 0.4) is 0 Å². The number of hydrogen-bond acceptors (Lipinski definition) is 7. The fourth-order valence-corrected chi connectivity index (χ4v) is 6.51. The summed E-state index contributed by atoms with van der Waals surface area (Å²) in [4.78, 5) is 39.4. The molecule has 0 bridgehead atoms. The molecule has 4 atom stereocenters. The zero-order chi connectivity index (χ0) is 28.4. The van der Waals surface area contributed by atoms with E-state index in [0.29, 0.717) is 42.5 Å². The van der Waals surface area contributed by atoms with Gasteiger partial charge >= 0.3 is 13.1 Å². The first-order chi connectivity index (χ1) is 19.2. The summed E-state index contributed by atoms with van der Waals surface area (Å²) in [6.45, 7) is 0.370. The highest BCUT2D eigenvalue weighted by Gasteiger charge is 2.57. The molecule has 2 amide bonds. The van der Waals surface area contributed by atoms with E-state index in [1.165, 1.54) is 17.0 Å². The number of allylic oxidation sites excluding steroid dienone is 1. The predicted molar refractivity (Wildman–Crippen MR) is 146 cm³/mol. The number of imide groups is 1. The smallest absolute Gasteiger partial charge is 0.487 e. The molecule has 2 aromatic carbocycles. The van der Waals surface area contributed by atoms with E-state index in [4.69, 9.17) is 26.1 Å². The average molecular weight is 568 g/mol. The predicted octanol–water partition coefficient (Wildman–Crippen LogP) is 4.17. The molecule has 40 heavy (non-hydrogen) atoms. The molecule has 11 heteroatoms. The van der Waals surface area contributed by atoms with Crippen LogP contribution >= 0.6 is 11.6 Å². The van der Waals surface area contributed by atoms with Crippen molar-refractivity contribution in [2.24, 2.45) is 17.8 Å². The molecule has 2 saturated heterocycles. The minimum absolute atomic E-state index is 0.000617. The van der Waals surface area contributed by atoms with E-state index in [1.54, 1.807) is 6.07 Å². The standard InChI is InChI=1S/C29H31BClNO8/c31-23-14-18(33)10-11-20(23)24-15-21-26-22(28(36)32(29(26)37)12-6-2-5-9-25(34)35)13-17(27(21)30(38)40-24)16-39-19-7-3-1-4-8-19/h1,3-4,7-8,10-11,14,21-22,24,26,33,38H,2,5-6,9,12-13,15-16H2,(H,34,35)/t21-,22-,24-,26+/m0/s1. The second-order valence-corrected chi connectivity index (χ2v) is 11.0. The molecule has 2 aliphatic heterocycles. The molecule has 1 aliphatic carbocycles. The molecule has 0 radical (unpaired) electrons. The Labute approximate surface area is 237 Å². The molecule has 0 aromatic heterocycles. The Balaban J connectivity index is 1.42.